The van der Waals surface area contributed by atoms with Crippen molar-refractivity contribution in [3.63, 3.8) is 0 Å². The highest BCUT2D eigenvalue weighted by atomic mass is 15.1. The monoisotopic (exact) mass is 140 g/mol. The highest BCUT2D eigenvalue weighted by Gasteiger charge is 2.30. The van der Waals surface area contributed by atoms with Gasteiger partial charge in [0.05, 0.1) is 0 Å². The molecule has 0 radical (unpaired) electrons. The summed E-state index contributed by atoms with van der Waals surface area (Å²) < 4.78 is 0. The van der Waals surface area contributed by atoms with Crippen molar-refractivity contribution in [3.8, 4) is 0 Å². The number of nitrogens with zero attached hydrogens (tertiary/aromatic N) is 1. The number of hydrogen-bond acceptors (Lipinski definition) is 2. The lowest BCUT2D eigenvalue weighted by Crippen LogP contribution is -2.42. The maximum absolute atomic E-state index is 3.55. The van der Waals surface area contributed by atoms with Crippen LogP contribution in [0.5, 0.6) is 0 Å². The number of rotatable bonds is 0. The summed E-state index contributed by atoms with van der Waals surface area (Å²) in [7, 11) is 2.23. The quantitative estimate of drug-likeness (QED) is 0.520. The van der Waals surface area contributed by atoms with E-state index >= 15 is 0 Å². The zero-order valence-corrected chi connectivity index (χ0v) is 6.64. The fourth-order valence-corrected chi connectivity index (χ4v) is 2.23. The van der Waals surface area contributed by atoms with E-state index in [0.717, 1.165) is 12.0 Å². The van der Waals surface area contributed by atoms with Crippen molar-refractivity contribution < 1.29 is 0 Å². The van der Waals surface area contributed by atoms with E-state index < -0.39 is 0 Å². The molecule has 0 amide bonds. The summed E-state index contributed by atoms with van der Waals surface area (Å²) in [5.74, 6) is 0.957. The lowest BCUT2D eigenvalue weighted by Gasteiger charge is -2.31. The third-order valence-corrected chi connectivity index (χ3v) is 2.86. The molecule has 0 aliphatic carbocycles. The first-order chi connectivity index (χ1) is 4.86. The Labute approximate surface area is 62.6 Å². The molecule has 2 aliphatic rings. The van der Waals surface area contributed by atoms with Gasteiger partial charge in [-0.05, 0) is 38.9 Å². The Bertz CT molecular complexity index is 124. The van der Waals surface area contributed by atoms with E-state index in [1.54, 1.807) is 0 Å². The molecule has 0 unspecified atom stereocenters. The molecule has 2 atom stereocenters. The molecule has 0 aromatic rings. The number of nitrogens with one attached hydrogen (secondary N) is 1. The lowest BCUT2D eigenvalue weighted by molar-refractivity contribution is 0.195. The van der Waals surface area contributed by atoms with Gasteiger partial charge >= 0.3 is 0 Å². The summed E-state index contributed by atoms with van der Waals surface area (Å²) >= 11 is 0. The van der Waals surface area contributed by atoms with Crippen LogP contribution in [0.4, 0.5) is 0 Å². The molecule has 2 nitrogen and oxygen atoms in total. The van der Waals surface area contributed by atoms with Crippen molar-refractivity contribution >= 4 is 0 Å². The normalized spacial score (nSPS) is 41.7. The Morgan fingerprint density at radius 2 is 2.30 bits per heavy atom. The van der Waals surface area contributed by atoms with E-state index in [-0.39, 0.29) is 0 Å². The van der Waals surface area contributed by atoms with Crippen LogP contribution in [0.3, 0.4) is 0 Å². The number of fused-ring (bicyclic) bond motifs is 1. The second-order valence-corrected chi connectivity index (χ2v) is 3.66. The average Bonchev–Trinajstić information content (AvgIpc) is 2.33. The third-order valence-electron chi connectivity index (χ3n) is 2.86. The van der Waals surface area contributed by atoms with E-state index in [1.807, 2.05) is 0 Å². The molecule has 2 heteroatoms. The summed E-state index contributed by atoms with van der Waals surface area (Å²) in [4.78, 5) is 2.45. The van der Waals surface area contributed by atoms with Gasteiger partial charge in [0.2, 0.25) is 0 Å². The standard InChI is InChI=1S/C8H16N2/c1-10-5-3-8-7(6-10)2-4-9-8/h7-9H,2-6H2,1H3/t7-,8+/m0/s1. The Morgan fingerprint density at radius 1 is 1.40 bits per heavy atom. The second-order valence-electron chi connectivity index (χ2n) is 3.66. The van der Waals surface area contributed by atoms with Crippen LogP contribution in [0.15, 0.2) is 0 Å². The fraction of sp³-hybridized carbons (Fsp3) is 1.00. The zero-order chi connectivity index (χ0) is 6.97. The van der Waals surface area contributed by atoms with Gasteiger partial charge in [0, 0.05) is 12.6 Å². The predicted octanol–water partition coefficient (Wildman–Crippen LogP) is 0.300. The molecule has 2 fully saturated rings. The maximum atomic E-state index is 3.55. The molecular formula is C8H16N2. The van der Waals surface area contributed by atoms with Crippen molar-refractivity contribution in [2.45, 2.75) is 18.9 Å². The van der Waals surface area contributed by atoms with Crippen molar-refractivity contribution in [2.75, 3.05) is 26.7 Å². The van der Waals surface area contributed by atoms with E-state index in [9.17, 15) is 0 Å². The molecule has 0 spiro atoms. The van der Waals surface area contributed by atoms with E-state index in [4.69, 9.17) is 0 Å². The topological polar surface area (TPSA) is 15.3 Å². The minimum Gasteiger partial charge on any atom is -0.314 e. The Balaban J connectivity index is 1.96. The number of likely N-dealkylation sites (tertiary alicyclic amines) is 1. The van der Waals surface area contributed by atoms with Crippen LogP contribution < -0.4 is 5.32 Å². The molecule has 0 bridgehead atoms. The molecule has 2 heterocycles. The average molecular weight is 140 g/mol. The molecule has 0 saturated carbocycles. The van der Waals surface area contributed by atoms with E-state index in [0.29, 0.717) is 0 Å². The first-order valence-corrected chi connectivity index (χ1v) is 4.28. The molecule has 2 saturated heterocycles. The van der Waals surface area contributed by atoms with Gasteiger partial charge in [-0.1, -0.05) is 0 Å². The summed E-state index contributed by atoms with van der Waals surface area (Å²) in [6.45, 7) is 3.86. The van der Waals surface area contributed by atoms with Crippen LogP contribution in [0, 0.1) is 5.92 Å². The van der Waals surface area contributed by atoms with E-state index in [1.165, 1.54) is 32.5 Å². The summed E-state index contributed by atoms with van der Waals surface area (Å²) in [5.41, 5.74) is 0. The highest BCUT2D eigenvalue weighted by molar-refractivity contribution is 4.89. The largest absolute Gasteiger partial charge is 0.314 e. The molecule has 1 N–H and O–H groups in total. The number of hydrogen-bond donors (Lipinski definition) is 1. The van der Waals surface area contributed by atoms with Crippen LogP contribution in [0.25, 0.3) is 0 Å². The van der Waals surface area contributed by atoms with Crippen molar-refractivity contribution in [3.05, 3.63) is 0 Å². The van der Waals surface area contributed by atoms with Crippen LogP contribution in [0.1, 0.15) is 12.8 Å². The first-order valence-electron chi connectivity index (χ1n) is 4.28. The van der Waals surface area contributed by atoms with Gasteiger partial charge in [-0.2, -0.15) is 0 Å². The van der Waals surface area contributed by atoms with Crippen LogP contribution >= 0.6 is 0 Å². The lowest BCUT2D eigenvalue weighted by atomic mass is 9.94. The maximum Gasteiger partial charge on any atom is 0.0120 e. The smallest absolute Gasteiger partial charge is 0.0120 e. The van der Waals surface area contributed by atoms with Gasteiger partial charge in [0.15, 0.2) is 0 Å². The summed E-state index contributed by atoms with van der Waals surface area (Å²) in [5, 5.41) is 3.55. The van der Waals surface area contributed by atoms with Gasteiger partial charge < -0.3 is 10.2 Å². The second kappa shape index (κ2) is 2.51. The van der Waals surface area contributed by atoms with Gasteiger partial charge in [-0.15, -0.1) is 0 Å². The van der Waals surface area contributed by atoms with Crippen LogP contribution in [-0.4, -0.2) is 37.6 Å². The summed E-state index contributed by atoms with van der Waals surface area (Å²) in [6, 6.07) is 0.858. The molecule has 0 aromatic carbocycles. The molecule has 58 valence electrons. The summed E-state index contributed by atoms with van der Waals surface area (Å²) in [6.07, 6.45) is 2.76. The van der Waals surface area contributed by atoms with Gasteiger partial charge in [0.1, 0.15) is 0 Å². The van der Waals surface area contributed by atoms with Gasteiger partial charge in [-0.25, -0.2) is 0 Å². The van der Waals surface area contributed by atoms with Crippen LogP contribution in [0.2, 0.25) is 0 Å². The Hall–Kier alpha value is -0.0800. The Kier molecular flexibility index (Phi) is 1.66. The first kappa shape index (κ1) is 6.62. The Morgan fingerprint density at radius 3 is 3.20 bits per heavy atom. The van der Waals surface area contributed by atoms with Crippen LogP contribution in [-0.2, 0) is 0 Å². The van der Waals surface area contributed by atoms with Crippen molar-refractivity contribution in [1.82, 2.24) is 10.2 Å². The van der Waals surface area contributed by atoms with E-state index in [2.05, 4.69) is 17.3 Å². The molecule has 0 aromatic heterocycles. The van der Waals surface area contributed by atoms with Gasteiger partial charge in [-0.3, -0.25) is 0 Å². The van der Waals surface area contributed by atoms with Crippen molar-refractivity contribution in [1.29, 1.82) is 0 Å². The minimum atomic E-state index is 0.858. The molecule has 2 aliphatic heterocycles. The highest BCUT2D eigenvalue weighted by Crippen LogP contribution is 2.23. The SMILES string of the molecule is CN1CC[C@H]2NCC[C@H]2C1. The minimum absolute atomic E-state index is 0.858. The van der Waals surface area contributed by atoms with Gasteiger partial charge in [0.25, 0.3) is 0 Å². The molecule has 10 heavy (non-hydrogen) atoms. The predicted molar refractivity (Wildman–Crippen MR) is 42.0 cm³/mol. The molecule has 2 rings (SSSR count). The zero-order valence-electron chi connectivity index (χ0n) is 6.64. The fourth-order valence-electron chi connectivity index (χ4n) is 2.23. The van der Waals surface area contributed by atoms with Crippen molar-refractivity contribution in [2.24, 2.45) is 5.92 Å². The third kappa shape index (κ3) is 1.06. The number of piperidine rings is 1. The molecular weight excluding hydrogens is 124 g/mol.